The Morgan fingerprint density at radius 1 is 1.53 bits per heavy atom. The third-order valence-corrected chi connectivity index (χ3v) is 2.69. The minimum atomic E-state index is 0.474. The smallest absolute Gasteiger partial charge is 0.142 e. The SMILES string of the molecule is N#Cc1cc(NCCCC2CC2)ccn1. The lowest BCUT2D eigenvalue weighted by atomic mass is 10.2. The van der Waals surface area contributed by atoms with Crippen molar-refractivity contribution in [2.24, 2.45) is 5.92 Å². The topological polar surface area (TPSA) is 48.7 Å². The quantitative estimate of drug-likeness (QED) is 0.745. The Morgan fingerprint density at radius 3 is 3.13 bits per heavy atom. The molecule has 3 heteroatoms. The van der Waals surface area contributed by atoms with Crippen LogP contribution in [0.2, 0.25) is 0 Å². The molecule has 0 bridgehead atoms. The second-order valence-electron chi connectivity index (χ2n) is 4.05. The van der Waals surface area contributed by atoms with Gasteiger partial charge < -0.3 is 5.32 Å². The maximum absolute atomic E-state index is 8.67. The lowest BCUT2D eigenvalue weighted by Crippen LogP contribution is -2.02. The number of nitriles is 1. The molecule has 0 spiro atoms. The Morgan fingerprint density at radius 2 is 2.40 bits per heavy atom. The first-order valence-electron chi connectivity index (χ1n) is 5.48. The van der Waals surface area contributed by atoms with Gasteiger partial charge in [0.25, 0.3) is 0 Å². The Labute approximate surface area is 90.1 Å². The van der Waals surface area contributed by atoms with Crippen LogP contribution in [-0.2, 0) is 0 Å². The predicted octanol–water partition coefficient (Wildman–Crippen LogP) is 2.56. The van der Waals surface area contributed by atoms with Crippen molar-refractivity contribution in [3.8, 4) is 6.07 Å². The monoisotopic (exact) mass is 201 g/mol. The molecule has 0 aliphatic heterocycles. The van der Waals surface area contributed by atoms with Gasteiger partial charge in [-0.3, -0.25) is 0 Å². The molecule has 1 heterocycles. The molecule has 0 unspecified atom stereocenters. The molecule has 1 saturated carbocycles. The summed E-state index contributed by atoms with van der Waals surface area (Å²) < 4.78 is 0. The predicted molar refractivity (Wildman–Crippen MR) is 59.4 cm³/mol. The zero-order valence-corrected chi connectivity index (χ0v) is 8.74. The fourth-order valence-electron chi connectivity index (χ4n) is 1.63. The van der Waals surface area contributed by atoms with Gasteiger partial charge in [-0.05, 0) is 30.9 Å². The first-order chi connectivity index (χ1) is 7.38. The fourth-order valence-corrected chi connectivity index (χ4v) is 1.63. The van der Waals surface area contributed by atoms with Crippen molar-refractivity contribution >= 4 is 5.69 Å². The van der Waals surface area contributed by atoms with Crippen LogP contribution in [0.4, 0.5) is 5.69 Å². The molecule has 15 heavy (non-hydrogen) atoms. The molecule has 1 aromatic rings. The first kappa shape index (κ1) is 9.97. The first-order valence-corrected chi connectivity index (χ1v) is 5.48. The summed E-state index contributed by atoms with van der Waals surface area (Å²) in [7, 11) is 0. The van der Waals surface area contributed by atoms with Crippen LogP contribution in [0.3, 0.4) is 0 Å². The Bertz CT molecular complexity index is 363. The molecule has 0 radical (unpaired) electrons. The summed E-state index contributed by atoms with van der Waals surface area (Å²) in [5.41, 5.74) is 1.47. The third kappa shape index (κ3) is 3.25. The maximum atomic E-state index is 8.67. The van der Waals surface area contributed by atoms with Crippen LogP contribution in [0, 0.1) is 17.2 Å². The summed E-state index contributed by atoms with van der Waals surface area (Å²) in [4.78, 5) is 3.92. The van der Waals surface area contributed by atoms with Gasteiger partial charge in [0, 0.05) is 18.4 Å². The lowest BCUT2D eigenvalue weighted by Gasteiger charge is -2.05. The average Bonchev–Trinajstić information content (AvgIpc) is 3.09. The van der Waals surface area contributed by atoms with Crippen LogP contribution in [0.5, 0.6) is 0 Å². The number of pyridine rings is 1. The molecule has 1 N–H and O–H groups in total. The molecule has 0 aromatic carbocycles. The number of hydrogen-bond acceptors (Lipinski definition) is 3. The molecule has 0 atom stereocenters. The second-order valence-corrected chi connectivity index (χ2v) is 4.05. The lowest BCUT2D eigenvalue weighted by molar-refractivity contribution is 0.687. The van der Waals surface area contributed by atoms with E-state index < -0.39 is 0 Å². The molecule has 78 valence electrons. The minimum Gasteiger partial charge on any atom is -0.385 e. The number of aromatic nitrogens is 1. The van der Waals surface area contributed by atoms with Crippen molar-refractivity contribution in [1.82, 2.24) is 4.98 Å². The van der Waals surface area contributed by atoms with Gasteiger partial charge in [0.15, 0.2) is 0 Å². The van der Waals surface area contributed by atoms with Gasteiger partial charge in [-0.25, -0.2) is 4.98 Å². The normalized spacial score (nSPS) is 14.6. The summed E-state index contributed by atoms with van der Waals surface area (Å²) >= 11 is 0. The fraction of sp³-hybridized carbons (Fsp3) is 0.500. The third-order valence-electron chi connectivity index (χ3n) is 2.69. The molecule has 1 aromatic heterocycles. The van der Waals surface area contributed by atoms with Gasteiger partial charge >= 0.3 is 0 Å². The van der Waals surface area contributed by atoms with E-state index >= 15 is 0 Å². The van der Waals surface area contributed by atoms with E-state index in [1.165, 1.54) is 25.7 Å². The molecule has 1 aliphatic rings. The molecule has 2 rings (SSSR count). The largest absolute Gasteiger partial charge is 0.385 e. The van der Waals surface area contributed by atoms with Crippen molar-refractivity contribution in [1.29, 1.82) is 5.26 Å². The van der Waals surface area contributed by atoms with Crippen LogP contribution in [-0.4, -0.2) is 11.5 Å². The zero-order chi connectivity index (χ0) is 10.5. The van der Waals surface area contributed by atoms with Gasteiger partial charge in [-0.1, -0.05) is 12.8 Å². The van der Waals surface area contributed by atoms with E-state index in [-0.39, 0.29) is 0 Å². The number of nitrogens with one attached hydrogen (secondary N) is 1. The summed E-state index contributed by atoms with van der Waals surface area (Å²) in [5, 5.41) is 12.0. The Balaban J connectivity index is 1.74. The highest BCUT2D eigenvalue weighted by Gasteiger charge is 2.19. The second kappa shape index (κ2) is 4.79. The Kier molecular flexibility index (Phi) is 3.18. The number of hydrogen-bond donors (Lipinski definition) is 1. The van der Waals surface area contributed by atoms with E-state index in [4.69, 9.17) is 5.26 Å². The molecule has 0 saturated heterocycles. The summed E-state index contributed by atoms with van der Waals surface area (Å²) in [6.45, 7) is 0.991. The van der Waals surface area contributed by atoms with E-state index in [1.807, 2.05) is 12.1 Å². The molecule has 3 nitrogen and oxygen atoms in total. The van der Waals surface area contributed by atoms with Crippen molar-refractivity contribution in [2.75, 3.05) is 11.9 Å². The van der Waals surface area contributed by atoms with Crippen molar-refractivity contribution in [3.63, 3.8) is 0 Å². The van der Waals surface area contributed by atoms with Crippen LogP contribution < -0.4 is 5.32 Å². The summed E-state index contributed by atoms with van der Waals surface area (Å²) in [6, 6.07) is 5.72. The van der Waals surface area contributed by atoms with E-state index in [0.29, 0.717) is 5.69 Å². The molecular formula is C12H15N3. The van der Waals surface area contributed by atoms with Gasteiger partial charge in [0.1, 0.15) is 11.8 Å². The maximum Gasteiger partial charge on any atom is 0.142 e. The Hall–Kier alpha value is -1.56. The van der Waals surface area contributed by atoms with Gasteiger partial charge in [-0.2, -0.15) is 5.26 Å². The molecule has 0 amide bonds. The summed E-state index contributed by atoms with van der Waals surface area (Å²) in [6.07, 6.45) is 7.07. The van der Waals surface area contributed by atoms with E-state index in [0.717, 1.165) is 18.2 Å². The standard InChI is InChI=1S/C12H15N3/c13-9-12-8-11(5-7-15-12)14-6-1-2-10-3-4-10/h5,7-8,10H,1-4,6H2,(H,14,15). The average molecular weight is 201 g/mol. The van der Waals surface area contributed by atoms with E-state index in [1.54, 1.807) is 12.3 Å². The van der Waals surface area contributed by atoms with Gasteiger partial charge in [0.05, 0.1) is 0 Å². The van der Waals surface area contributed by atoms with Crippen LogP contribution >= 0.6 is 0 Å². The molecule has 1 fully saturated rings. The van der Waals surface area contributed by atoms with E-state index in [2.05, 4.69) is 10.3 Å². The minimum absolute atomic E-state index is 0.474. The van der Waals surface area contributed by atoms with Gasteiger partial charge in [-0.15, -0.1) is 0 Å². The summed E-state index contributed by atoms with van der Waals surface area (Å²) in [5.74, 6) is 0.999. The van der Waals surface area contributed by atoms with Crippen LogP contribution in [0.15, 0.2) is 18.3 Å². The van der Waals surface area contributed by atoms with Gasteiger partial charge in [0.2, 0.25) is 0 Å². The van der Waals surface area contributed by atoms with E-state index in [9.17, 15) is 0 Å². The van der Waals surface area contributed by atoms with Crippen molar-refractivity contribution in [2.45, 2.75) is 25.7 Å². The highest BCUT2D eigenvalue weighted by Crippen LogP contribution is 2.33. The zero-order valence-electron chi connectivity index (χ0n) is 8.74. The highest BCUT2D eigenvalue weighted by molar-refractivity contribution is 5.45. The highest BCUT2D eigenvalue weighted by atomic mass is 14.9. The van der Waals surface area contributed by atoms with Crippen molar-refractivity contribution < 1.29 is 0 Å². The number of rotatable bonds is 5. The molecular weight excluding hydrogens is 186 g/mol. The van der Waals surface area contributed by atoms with Crippen LogP contribution in [0.25, 0.3) is 0 Å². The van der Waals surface area contributed by atoms with Crippen molar-refractivity contribution in [3.05, 3.63) is 24.0 Å². The number of nitrogens with zero attached hydrogens (tertiary/aromatic N) is 2. The molecule has 1 aliphatic carbocycles. The number of anilines is 1. The van der Waals surface area contributed by atoms with Crippen LogP contribution in [0.1, 0.15) is 31.4 Å².